The molecule has 2 aliphatic rings. The molecule has 26 heavy (non-hydrogen) atoms. The molecule has 2 heterocycles. The molecule has 0 unspecified atom stereocenters. The Balaban J connectivity index is 1.31. The monoisotopic (exact) mass is 351 g/mol. The minimum atomic E-state index is 0.156. The predicted molar refractivity (Wildman–Crippen MR) is 100 cm³/mol. The number of fused-ring (bicyclic) bond motifs is 1. The van der Waals surface area contributed by atoms with Crippen LogP contribution in [0.5, 0.6) is 0 Å². The van der Waals surface area contributed by atoms with Crippen molar-refractivity contribution < 1.29 is 4.79 Å². The maximum Gasteiger partial charge on any atom is 0.223 e. The van der Waals surface area contributed by atoms with Gasteiger partial charge in [0, 0.05) is 38.5 Å². The summed E-state index contributed by atoms with van der Waals surface area (Å²) in [5.41, 5.74) is 1.23. The van der Waals surface area contributed by atoms with Gasteiger partial charge in [0.15, 0.2) is 5.82 Å². The van der Waals surface area contributed by atoms with Crippen molar-refractivity contribution in [3.05, 3.63) is 53.6 Å². The molecule has 1 fully saturated rings. The topological polar surface area (TPSA) is 63.1 Å². The minimum absolute atomic E-state index is 0.156. The van der Waals surface area contributed by atoms with Gasteiger partial charge in [-0.1, -0.05) is 42.5 Å². The average Bonchev–Trinajstić information content (AvgIpc) is 3.47. The Morgan fingerprint density at radius 2 is 2.00 bits per heavy atom. The molecular formula is C20H25N5O. The Labute approximate surface area is 153 Å². The largest absolute Gasteiger partial charge is 0.349 e. The smallest absolute Gasteiger partial charge is 0.223 e. The first-order chi connectivity index (χ1) is 12.8. The van der Waals surface area contributed by atoms with Gasteiger partial charge < -0.3 is 9.88 Å². The summed E-state index contributed by atoms with van der Waals surface area (Å²) in [6.07, 6.45) is 7.33. The van der Waals surface area contributed by atoms with Gasteiger partial charge in [0.2, 0.25) is 5.91 Å². The fourth-order valence-electron chi connectivity index (χ4n) is 3.30. The maximum atomic E-state index is 11.8. The number of carbonyl (C=O) groups is 1. The molecule has 2 aromatic rings. The van der Waals surface area contributed by atoms with Crippen LogP contribution in [0.2, 0.25) is 0 Å². The summed E-state index contributed by atoms with van der Waals surface area (Å²) in [5.74, 6) is 2.28. The quantitative estimate of drug-likeness (QED) is 0.863. The second-order valence-electron chi connectivity index (χ2n) is 7.04. The highest BCUT2D eigenvalue weighted by Crippen LogP contribution is 2.28. The van der Waals surface area contributed by atoms with Crippen LogP contribution in [-0.4, -0.2) is 45.2 Å². The number of hydrogen-bond acceptors (Lipinski definition) is 4. The van der Waals surface area contributed by atoms with E-state index in [9.17, 15) is 4.79 Å². The van der Waals surface area contributed by atoms with Crippen molar-refractivity contribution in [2.24, 2.45) is 5.92 Å². The molecule has 0 bridgehead atoms. The second-order valence-corrected chi connectivity index (χ2v) is 7.04. The molecule has 1 N–H and O–H groups in total. The first-order valence-electron chi connectivity index (χ1n) is 9.42. The van der Waals surface area contributed by atoms with E-state index in [-0.39, 0.29) is 11.8 Å². The molecule has 0 spiro atoms. The molecule has 1 aromatic carbocycles. The van der Waals surface area contributed by atoms with Crippen molar-refractivity contribution in [3.8, 4) is 0 Å². The lowest BCUT2D eigenvalue weighted by Gasteiger charge is -2.17. The van der Waals surface area contributed by atoms with Gasteiger partial charge in [0.25, 0.3) is 0 Å². The zero-order valence-corrected chi connectivity index (χ0v) is 15.0. The predicted octanol–water partition coefficient (Wildman–Crippen LogP) is 1.88. The molecule has 6 heteroatoms. The molecule has 6 nitrogen and oxygen atoms in total. The van der Waals surface area contributed by atoms with E-state index in [1.165, 1.54) is 5.56 Å². The zero-order chi connectivity index (χ0) is 17.8. The van der Waals surface area contributed by atoms with E-state index in [0.29, 0.717) is 6.54 Å². The van der Waals surface area contributed by atoms with Crippen molar-refractivity contribution >= 4 is 12.0 Å². The van der Waals surface area contributed by atoms with Gasteiger partial charge in [0.05, 0.1) is 6.54 Å². The molecule has 1 saturated carbocycles. The molecule has 1 amide bonds. The zero-order valence-electron chi connectivity index (χ0n) is 15.0. The number of rotatable bonds is 6. The number of aromatic nitrogens is 3. The van der Waals surface area contributed by atoms with Crippen LogP contribution in [0.3, 0.4) is 0 Å². The number of amides is 1. The van der Waals surface area contributed by atoms with Crippen LogP contribution in [0, 0.1) is 5.92 Å². The number of nitrogens with one attached hydrogen (secondary N) is 1. The van der Waals surface area contributed by atoms with E-state index < -0.39 is 0 Å². The highest BCUT2D eigenvalue weighted by atomic mass is 16.2. The van der Waals surface area contributed by atoms with E-state index in [4.69, 9.17) is 0 Å². The Hall–Kier alpha value is -2.47. The van der Waals surface area contributed by atoms with Gasteiger partial charge in [-0.15, -0.1) is 10.2 Å². The van der Waals surface area contributed by atoms with Crippen LogP contribution in [0.25, 0.3) is 6.08 Å². The minimum Gasteiger partial charge on any atom is -0.349 e. The third-order valence-corrected chi connectivity index (χ3v) is 5.04. The number of benzene rings is 1. The van der Waals surface area contributed by atoms with Crippen LogP contribution in [0.4, 0.5) is 0 Å². The summed E-state index contributed by atoms with van der Waals surface area (Å²) in [7, 11) is 0. The normalized spacial score (nSPS) is 17.8. The summed E-state index contributed by atoms with van der Waals surface area (Å²) in [6.45, 7) is 4.23. The maximum absolute atomic E-state index is 11.8. The highest BCUT2D eigenvalue weighted by molar-refractivity contribution is 5.80. The van der Waals surface area contributed by atoms with E-state index in [0.717, 1.165) is 57.1 Å². The average molecular weight is 351 g/mol. The van der Waals surface area contributed by atoms with E-state index in [1.807, 2.05) is 6.07 Å². The summed E-state index contributed by atoms with van der Waals surface area (Å²) in [6, 6.07) is 10.4. The van der Waals surface area contributed by atoms with Crippen LogP contribution in [0.1, 0.15) is 30.1 Å². The lowest BCUT2D eigenvalue weighted by molar-refractivity contribution is -0.122. The van der Waals surface area contributed by atoms with Crippen LogP contribution in [-0.2, 0) is 24.3 Å². The van der Waals surface area contributed by atoms with Crippen LogP contribution in [0.15, 0.2) is 36.4 Å². The van der Waals surface area contributed by atoms with Crippen LogP contribution < -0.4 is 5.32 Å². The first kappa shape index (κ1) is 17.0. The van der Waals surface area contributed by atoms with Gasteiger partial charge in [-0.25, -0.2) is 0 Å². The van der Waals surface area contributed by atoms with E-state index in [1.54, 1.807) is 0 Å². The molecular weight excluding hydrogens is 326 g/mol. The van der Waals surface area contributed by atoms with Crippen molar-refractivity contribution in [3.63, 3.8) is 0 Å². The van der Waals surface area contributed by atoms with Gasteiger partial charge in [-0.05, 0) is 18.4 Å². The Morgan fingerprint density at radius 3 is 2.81 bits per heavy atom. The molecule has 0 atom stereocenters. The number of nitrogens with zero attached hydrogens (tertiary/aromatic N) is 4. The molecule has 1 aliphatic carbocycles. The molecule has 4 rings (SSSR count). The molecule has 0 saturated heterocycles. The third-order valence-electron chi connectivity index (χ3n) is 5.04. The molecule has 1 aliphatic heterocycles. The fraction of sp³-hybridized carbons (Fsp3) is 0.450. The Kier molecular flexibility index (Phi) is 5.11. The van der Waals surface area contributed by atoms with Crippen LogP contribution >= 0.6 is 0 Å². The van der Waals surface area contributed by atoms with Gasteiger partial charge in [-0.3, -0.25) is 9.69 Å². The van der Waals surface area contributed by atoms with Gasteiger partial charge in [0.1, 0.15) is 5.82 Å². The third kappa shape index (κ3) is 4.19. The summed E-state index contributed by atoms with van der Waals surface area (Å²) in [5, 5.41) is 11.6. The number of carbonyl (C=O) groups excluding carboxylic acids is 1. The van der Waals surface area contributed by atoms with Gasteiger partial charge >= 0.3 is 0 Å². The van der Waals surface area contributed by atoms with E-state index in [2.05, 4.69) is 61.4 Å². The second kappa shape index (κ2) is 7.83. The highest BCUT2D eigenvalue weighted by Gasteiger charge is 2.29. The molecule has 1 aromatic heterocycles. The lowest BCUT2D eigenvalue weighted by Crippen LogP contribution is -2.28. The Bertz CT molecular complexity index is 779. The first-order valence-corrected chi connectivity index (χ1v) is 9.42. The standard InChI is InChI=1S/C20H25N5O/c26-20(17-8-9-17)21-15-19-23-22-18-10-12-24(13-14-25(18)19)11-4-7-16-5-2-1-3-6-16/h1-7,17H,8-15H2,(H,21,26)/b7-4+. The van der Waals surface area contributed by atoms with Crippen molar-refractivity contribution in [1.82, 2.24) is 25.0 Å². The molecule has 136 valence electrons. The summed E-state index contributed by atoms with van der Waals surface area (Å²) in [4.78, 5) is 14.3. The van der Waals surface area contributed by atoms with E-state index >= 15 is 0 Å². The lowest BCUT2D eigenvalue weighted by atomic mass is 10.2. The number of hydrogen-bond donors (Lipinski definition) is 1. The van der Waals surface area contributed by atoms with Gasteiger partial charge in [-0.2, -0.15) is 0 Å². The van der Waals surface area contributed by atoms with Crippen molar-refractivity contribution in [2.75, 3.05) is 19.6 Å². The fourth-order valence-corrected chi connectivity index (χ4v) is 3.30. The van der Waals surface area contributed by atoms with Crippen molar-refractivity contribution in [2.45, 2.75) is 32.4 Å². The molecule has 0 radical (unpaired) electrons. The van der Waals surface area contributed by atoms with Crippen molar-refractivity contribution in [1.29, 1.82) is 0 Å². The Morgan fingerprint density at radius 1 is 1.15 bits per heavy atom. The summed E-state index contributed by atoms with van der Waals surface area (Å²) >= 11 is 0. The SMILES string of the molecule is O=C(NCc1nnc2n1CCN(C/C=C/c1ccccc1)CC2)C1CC1. The summed E-state index contributed by atoms with van der Waals surface area (Å²) < 4.78 is 2.17.